The maximum Gasteiger partial charge on any atom is 0.416 e. The second-order valence-electron chi connectivity index (χ2n) is 9.66. The smallest absolute Gasteiger partial charge is 0.416 e. The van der Waals surface area contributed by atoms with Crippen molar-refractivity contribution in [3.63, 3.8) is 0 Å². The van der Waals surface area contributed by atoms with E-state index in [0.717, 1.165) is 38.7 Å². The van der Waals surface area contributed by atoms with Crippen molar-refractivity contribution in [2.24, 2.45) is 4.99 Å². The molecule has 0 aromatic heterocycles. The summed E-state index contributed by atoms with van der Waals surface area (Å²) in [5.74, 6) is -0.0996. The number of aliphatic imine (C=N–C) groups is 1. The molecule has 6 nitrogen and oxygen atoms in total. The Kier molecular flexibility index (Phi) is 9.27. The lowest BCUT2D eigenvalue weighted by atomic mass is 10.0. The molecule has 2 aliphatic rings. The molecule has 1 amide bonds. The molecule has 4 rings (SSSR count). The molecule has 2 aliphatic heterocycles. The number of nitrogens with zero attached hydrogens (tertiary/aromatic N) is 3. The molecule has 2 aromatic carbocycles. The first-order valence-corrected chi connectivity index (χ1v) is 13.7. The van der Waals surface area contributed by atoms with E-state index < -0.39 is 35.6 Å². The summed E-state index contributed by atoms with van der Waals surface area (Å²) in [5, 5.41) is 0.647. The molecule has 222 valence electrons. The van der Waals surface area contributed by atoms with E-state index in [1.54, 1.807) is 18.2 Å². The van der Waals surface area contributed by atoms with Crippen LogP contribution in [0.4, 0.5) is 26.3 Å². The number of amidine groups is 1. The second-order valence-corrected chi connectivity index (χ2v) is 10.7. The van der Waals surface area contributed by atoms with Crippen molar-refractivity contribution in [1.82, 2.24) is 9.80 Å². The number of ether oxygens (including phenoxy) is 2. The number of amides is 1. The lowest BCUT2D eigenvalue weighted by molar-refractivity contribution is -0.143. The molecule has 13 heteroatoms. The van der Waals surface area contributed by atoms with Crippen LogP contribution < -0.4 is 9.47 Å². The summed E-state index contributed by atoms with van der Waals surface area (Å²) in [7, 11) is 1.34. The SMILES string of the molecule is CCC(C)N1CCN(C2=NC(=O)C(=Cc3ccc(OCc4ccc(C(F)(F)F)cc4C(F)(F)F)c(OC)c3)S2)CC1. The van der Waals surface area contributed by atoms with Gasteiger partial charge in [0.1, 0.15) is 6.61 Å². The molecule has 0 saturated carbocycles. The Hall–Kier alpha value is -3.19. The fourth-order valence-corrected chi connectivity index (χ4v) is 5.45. The van der Waals surface area contributed by atoms with Gasteiger partial charge in [-0.15, -0.1) is 0 Å². The molecule has 2 aromatic rings. The topological polar surface area (TPSA) is 54.4 Å². The van der Waals surface area contributed by atoms with Crippen LogP contribution in [-0.2, 0) is 23.8 Å². The molecule has 0 spiro atoms. The molecule has 0 bridgehead atoms. The quantitative estimate of drug-likeness (QED) is 0.260. The number of thioether (sulfide) groups is 1. The van der Waals surface area contributed by atoms with Crippen molar-refractivity contribution in [1.29, 1.82) is 0 Å². The van der Waals surface area contributed by atoms with Crippen LogP contribution in [0.15, 0.2) is 46.3 Å². The van der Waals surface area contributed by atoms with E-state index in [1.165, 1.54) is 24.9 Å². The molecular formula is C28H29F6N3O3S. The third-order valence-electron chi connectivity index (χ3n) is 7.02. The van der Waals surface area contributed by atoms with Gasteiger partial charge in [-0.1, -0.05) is 19.1 Å². The minimum atomic E-state index is -5.01. The molecule has 0 radical (unpaired) electrons. The molecule has 1 atom stereocenters. The number of carbonyl (C=O) groups is 1. The molecule has 2 heterocycles. The number of benzene rings is 2. The van der Waals surface area contributed by atoms with E-state index in [-0.39, 0.29) is 23.5 Å². The van der Waals surface area contributed by atoms with Gasteiger partial charge in [-0.3, -0.25) is 9.69 Å². The maximum atomic E-state index is 13.5. The monoisotopic (exact) mass is 601 g/mol. The van der Waals surface area contributed by atoms with E-state index in [4.69, 9.17) is 9.47 Å². The van der Waals surface area contributed by atoms with Crippen molar-refractivity contribution in [3.8, 4) is 11.5 Å². The molecule has 1 saturated heterocycles. The molecular weight excluding hydrogens is 572 g/mol. The van der Waals surface area contributed by atoms with Crippen molar-refractivity contribution < 1.29 is 40.6 Å². The number of hydrogen-bond acceptors (Lipinski definition) is 6. The highest BCUT2D eigenvalue weighted by atomic mass is 32.2. The van der Waals surface area contributed by atoms with E-state index in [0.29, 0.717) is 27.7 Å². The average molecular weight is 602 g/mol. The van der Waals surface area contributed by atoms with Crippen molar-refractivity contribution in [2.75, 3.05) is 33.3 Å². The first-order chi connectivity index (χ1) is 19.3. The van der Waals surface area contributed by atoms with Gasteiger partial charge in [0, 0.05) is 37.8 Å². The summed E-state index contributed by atoms with van der Waals surface area (Å²) in [6.07, 6.45) is -7.21. The normalized spacial score (nSPS) is 18.6. The van der Waals surface area contributed by atoms with Crippen molar-refractivity contribution in [2.45, 2.75) is 45.3 Å². The van der Waals surface area contributed by atoms with Gasteiger partial charge in [0.25, 0.3) is 5.91 Å². The van der Waals surface area contributed by atoms with Gasteiger partial charge in [0.05, 0.1) is 23.1 Å². The standard InChI is InChI=1S/C28H29F6N3O3S/c1-4-17(2)36-9-11-37(12-10-36)26-35-25(38)24(41-26)14-18-5-8-22(23(13-18)39-3)40-16-19-6-7-20(27(29,30)31)15-21(19)28(32,33)34/h5-8,13-15,17H,4,9-12,16H2,1-3H3. The van der Waals surface area contributed by atoms with Gasteiger partial charge in [0.2, 0.25) is 0 Å². The summed E-state index contributed by atoms with van der Waals surface area (Å²) < 4.78 is 90.2. The highest BCUT2D eigenvalue weighted by molar-refractivity contribution is 8.18. The molecule has 0 aliphatic carbocycles. The van der Waals surface area contributed by atoms with Gasteiger partial charge in [-0.2, -0.15) is 31.3 Å². The van der Waals surface area contributed by atoms with Crippen LogP contribution >= 0.6 is 11.8 Å². The third-order valence-corrected chi connectivity index (χ3v) is 8.06. The minimum absolute atomic E-state index is 0.0728. The van der Waals surface area contributed by atoms with Crippen molar-refractivity contribution >= 4 is 28.9 Å². The lowest BCUT2D eigenvalue weighted by Gasteiger charge is -2.38. The summed E-state index contributed by atoms with van der Waals surface area (Å²) in [4.78, 5) is 21.7. The van der Waals surface area contributed by atoms with E-state index in [9.17, 15) is 31.1 Å². The Morgan fingerprint density at radius 1 is 1.00 bits per heavy atom. The summed E-state index contributed by atoms with van der Waals surface area (Å²) in [5.41, 5.74) is -2.71. The van der Waals surface area contributed by atoms with Crippen LogP contribution in [0, 0.1) is 0 Å². The van der Waals surface area contributed by atoms with Crippen LogP contribution in [0.1, 0.15) is 42.5 Å². The average Bonchev–Trinajstić information content (AvgIpc) is 3.30. The number of alkyl halides is 6. The fourth-order valence-electron chi connectivity index (χ4n) is 4.49. The molecule has 1 fully saturated rings. The van der Waals surface area contributed by atoms with Crippen LogP contribution in [-0.4, -0.2) is 60.2 Å². The van der Waals surface area contributed by atoms with Crippen LogP contribution in [0.2, 0.25) is 0 Å². The van der Waals surface area contributed by atoms with Gasteiger partial charge in [-0.25, -0.2) is 0 Å². The number of rotatable bonds is 7. The summed E-state index contributed by atoms with van der Waals surface area (Å²) in [6, 6.07) is 6.51. The molecule has 0 N–H and O–H groups in total. The Morgan fingerprint density at radius 3 is 2.32 bits per heavy atom. The highest BCUT2D eigenvalue weighted by Gasteiger charge is 2.38. The van der Waals surface area contributed by atoms with Crippen LogP contribution in [0.25, 0.3) is 6.08 Å². The van der Waals surface area contributed by atoms with Gasteiger partial charge < -0.3 is 14.4 Å². The van der Waals surface area contributed by atoms with Crippen molar-refractivity contribution in [3.05, 3.63) is 63.6 Å². The summed E-state index contributed by atoms with van der Waals surface area (Å²) in [6.45, 7) is 7.02. The zero-order valence-electron chi connectivity index (χ0n) is 22.6. The predicted octanol–water partition coefficient (Wildman–Crippen LogP) is 6.70. The van der Waals surface area contributed by atoms with E-state index >= 15 is 0 Å². The zero-order valence-corrected chi connectivity index (χ0v) is 23.4. The van der Waals surface area contributed by atoms with Crippen LogP contribution in [0.5, 0.6) is 11.5 Å². The fraction of sp³-hybridized carbons (Fsp3) is 0.429. The second kappa shape index (κ2) is 12.4. The Bertz CT molecular complexity index is 1330. The number of carbonyl (C=O) groups excluding carboxylic acids is 1. The first-order valence-electron chi connectivity index (χ1n) is 12.9. The lowest BCUT2D eigenvalue weighted by Crippen LogP contribution is -2.50. The largest absolute Gasteiger partial charge is 0.493 e. The predicted molar refractivity (Wildman–Crippen MR) is 145 cm³/mol. The first kappa shape index (κ1) is 30.8. The third kappa shape index (κ3) is 7.37. The van der Waals surface area contributed by atoms with E-state index in [1.807, 2.05) is 0 Å². The minimum Gasteiger partial charge on any atom is -0.493 e. The Balaban J connectivity index is 1.45. The van der Waals surface area contributed by atoms with Crippen LogP contribution in [0.3, 0.4) is 0 Å². The highest BCUT2D eigenvalue weighted by Crippen LogP contribution is 2.39. The molecule has 41 heavy (non-hydrogen) atoms. The zero-order chi connectivity index (χ0) is 29.9. The Morgan fingerprint density at radius 2 is 1.71 bits per heavy atom. The van der Waals surface area contributed by atoms with Gasteiger partial charge in [-0.05, 0) is 61.0 Å². The number of piperazine rings is 1. The number of methoxy groups -OCH3 is 1. The number of halogens is 6. The van der Waals surface area contributed by atoms with Gasteiger partial charge >= 0.3 is 12.4 Å². The summed E-state index contributed by atoms with van der Waals surface area (Å²) >= 11 is 1.28. The molecule has 1 unspecified atom stereocenters. The van der Waals surface area contributed by atoms with Gasteiger partial charge in [0.15, 0.2) is 16.7 Å². The number of hydrogen-bond donors (Lipinski definition) is 0. The maximum absolute atomic E-state index is 13.5. The Labute approximate surface area is 238 Å². The van der Waals surface area contributed by atoms with E-state index in [2.05, 4.69) is 28.6 Å².